The maximum absolute atomic E-state index is 5.62. The van der Waals surface area contributed by atoms with E-state index < -0.39 is 0 Å². The second-order valence-corrected chi connectivity index (χ2v) is 7.12. The first-order valence-electron chi connectivity index (χ1n) is 8.69. The van der Waals surface area contributed by atoms with Gasteiger partial charge in [-0.2, -0.15) is 0 Å². The van der Waals surface area contributed by atoms with Gasteiger partial charge in [0.05, 0.1) is 0 Å². The van der Waals surface area contributed by atoms with Crippen LogP contribution < -0.4 is 5.32 Å². The van der Waals surface area contributed by atoms with E-state index in [9.17, 15) is 0 Å². The molecule has 2 unspecified atom stereocenters. The average molecular weight is 282 g/mol. The lowest BCUT2D eigenvalue weighted by Crippen LogP contribution is -2.52. The molecule has 2 aliphatic heterocycles. The number of ether oxygens (including phenoxy) is 1. The first kappa shape index (κ1) is 16.3. The van der Waals surface area contributed by atoms with Gasteiger partial charge in [-0.05, 0) is 63.5 Å². The monoisotopic (exact) mass is 282 g/mol. The van der Waals surface area contributed by atoms with Gasteiger partial charge < -0.3 is 10.1 Å². The molecular formula is C17H34N2O. The predicted molar refractivity (Wildman–Crippen MR) is 85.1 cm³/mol. The number of hydrogen-bond donors (Lipinski definition) is 1. The highest BCUT2D eigenvalue weighted by Gasteiger charge is 2.36. The molecular weight excluding hydrogens is 248 g/mol. The summed E-state index contributed by atoms with van der Waals surface area (Å²) in [5, 5.41) is 3.68. The van der Waals surface area contributed by atoms with E-state index in [2.05, 4.69) is 31.0 Å². The summed E-state index contributed by atoms with van der Waals surface area (Å²) in [6, 6.07) is 0.745. The predicted octanol–water partition coefficient (Wildman–Crippen LogP) is 2.90. The Kier molecular flexibility index (Phi) is 6.31. The summed E-state index contributed by atoms with van der Waals surface area (Å²) in [6.07, 6.45) is 6.45. The van der Waals surface area contributed by atoms with Crippen LogP contribution in [0.3, 0.4) is 0 Å². The molecule has 0 aromatic heterocycles. The van der Waals surface area contributed by atoms with Crippen molar-refractivity contribution in [3.05, 3.63) is 0 Å². The van der Waals surface area contributed by atoms with Crippen molar-refractivity contribution < 1.29 is 4.74 Å². The third kappa shape index (κ3) is 4.19. The normalized spacial score (nSPS) is 31.4. The molecule has 2 rings (SSSR count). The molecule has 2 saturated heterocycles. The zero-order valence-electron chi connectivity index (χ0n) is 13.8. The second-order valence-electron chi connectivity index (χ2n) is 7.12. The molecule has 0 amide bonds. The summed E-state index contributed by atoms with van der Waals surface area (Å²) < 4.78 is 5.62. The zero-order valence-corrected chi connectivity index (χ0v) is 13.8. The molecule has 2 heterocycles. The van der Waals surface area contributed by atoms with Crippen LogP contribution in [-0.2, 0) is 4.74 Å². The Morgan fingerprint density at radius 3 is 2.70 bits per heavy atom. The molecule has 0 spiro atoms. The smallest absolute Gasteiger partial charge is 0.0472 e. The van der Waals surface area contributed by atoms with E-state index in [0.717, 1.165) is 31.7 Å². The minimum absolute atomic E-state index is 0.443. The van der Waals surface area contributed by atoms with Crippen LogP contribution in [0, 0.1) is 11.3 Å². The summed E-state index contributed by atoms with van der Waals surface area (Å²) in [6.45, 7) is 13.9. The van der Waals surface area contributed by atoms with E-state index >= 15 is 0 Å². The summed E-state index contributed by atoms with van der Waals surface area (Å²) >= 11 is 0. The summed E-state index contributed by atoms with van der Waals surface area (Å²) in [5.41, 5.74) is 0.443. The van der Waals surface area contributed by atoms with Gasteiger partial charge in [0.15, 0.2) is 0 Å². The van der Waals surface area contributed by atoms with Gasteiger partial charge in [-0.3, -0.25) is 4.90 Å². The van der Waals surface area contributed by atoms with Crippen LogP contribution in [0.4, 0.5) is 0 Å². The van der Waals surface area contributed by atoms with E-state index in [-0.39, 0.29) is 0 Å². The molecule has 20 heavy (non-hydrogen) atoms. The van der Waals surface area contributed by atoms with Gasteiger partial charge >= 0.3 is 0 Å². The van der Waals surface area contributed by atoms with E-state index in [4.69, 9.17) is 4.74 Å². The molecule has 0 bridgehead atoms. The zero-order chi connectivity index (χ0) is 14.4. The molecule has 0 aliphatic carbocycles. The van der Waals surface area contributed by atoms with Gasteiger partial charge in [-0.25, -0.2) is 0 Å². The van der Waals surface area contributed by atoms with E-state index in [0.29, 0.717) is 5.41 Å². The third-order valence-electron chi connectivity index (χ3n) is 5.52. The van der Waals surface area contributed by atoms with Crippen molar-refractivity contribution in [2.45, 2.75) is 58.9 Å². The standard InChI is InChI=1S/C17H34N2O/c1-4-9-18-13-17(7-11-20-12-8-17)14-19-10-5-6-15(2)16(19)3/h15-16,18H,4-14H2,1-3H3. The molecule has 0 aromatic rings. The van der Waals surface area contributed by atoms with Crippen LogP contribution in [0.2, 0.25) is 0 Å². The maximum Gasteiger partial charge on any atom is 0.0472 e. The molecule has 1 N–H and O–H groups in total. The van der Waals surface area contributed by atoms with Crippen LogP contribution >= 0.6 is 0 Å². The Hall–Kier alpha value is -0.120. The Morgan fingerprint density at radius 2 is 2.00 bits per heavy atom. The van der Waals surface area contributed by atoms with Gasteiger partial charge in [0, 0.05) is 32.3 Å². The fraction of sp³-hybridized carbons (Fsp3) is 1.00. The molecule has 0 saturated carbocycles. The van der Waals surface area contributed by atoms with Crippen molar-refractivity contribution in [3.8, 4) is 0 Å². The molecule has 3 nitrogen and oxygen atoms in total. The highest BCUT2D eigenvalue weighted by atomic mass is 16.5. The topological polar surface area (TPSA) is 24.5 Å². The van der Waals surface area contributed by atoms with E-state index in [1.165, 1.54) is 51.7 Å². The van der Waals surface area contributed by atoms with Gasteiger partial charge in [0.1, 0.15) is 0 Å². The van der Waals surface area contributed by atoms with Crippen LogP contribution in [0.25, 0.3) is 0 Å². The minimum atomic E-state index is 0.443. The molecule has 0 aromatic carbocycles. The third-order valence-corrected chi connectivity index (χ3v) is 5.52. The van der Waals surface area contributed by atoms with Gasteiger partial charge in [-0.15, -0.1) is 0 Å². The SMILES string of the molecule is CCCNCC1(CN2CCCC(C)C2C)CCOCC1. The summed E-state index contributed by atoms with van der Waals surface area (Å²) in [4.78, 5) is 2.76. The largest absolute Gasteiger partial charge is 0.381 e. The highest BCUT2D eigenvalue weighted by Crippen LogP contribution is 2.34. The van der Waals surface area contributed by atoms with Gasteiger partial charge in [0.2, 0.25) is 0 Å². The maximum atomic E-state index is 5.62. The summed E-state index contributed by atoms with van der Waals surface area (Å²) in [7, 11) is 0. The lowest BCUT2D eigenvalue weighted by Gasteiger charge is -2.46. The number of rotatable bonds is 6. The van der Waals surface area contributed by atoms with Crippen LogP contribution in [0.1, 0.15) is 52.9 Å². The second kappa shape index (κ2) is 7.77. The van der Waals surface area contributed by atoms with Gasteiger partial charge in [0.25, 0.3) is 0 Å². The van der Waals surface area contributed by atoms with E-state index in [1.807, 2.05) is 0 Å². The highest BCUT2D eigenvalue weighted by molar-refractivity contribution is 4.90. The molecule has 118 valence electrons. The Morgan fingerprint density at radius 1 is 1.25 bits per heavy atom. The Labute approximate surface area is 125 Å². The number of hydrogen-bond acceptors (Lipinski definition) is 3. The molecule has 2 aliphatic rings. The van der Waals surface area contributed by atoms with Crippen molar-refractivity contribution >= 4 is 0 Å². The van der Waals surface area contributed by atoms with Crippen molar-refractivity contribution in [2.24, 2.45) is 11.3 Å². The Balaban J connectivity index is 1.95. The van der Waals surface area contributed by atoms with E-state index in [1.54, 1.807) is 0 Å². The van der Waals surface area contributed by atoms with Crippen molar-refractivity contribution in [1.29, 1.82) is 0 Å². The van der Waals surface area contributed by atoms with Crippen LogP contribution in [0.15, 0.2) is 0 Å². The molecule has 3 heteroatoms. The fourth-order valence-electron chi connectivity index (χ4n) is 3.80. The first-order valence-corrected chi connectivity index (χ1v) is 8.69. The molecule has 2 atom stereocenters. The number of likely N-dealkylation sites (tertiary alicyclic amines) is 1. The van der Waals surface area contributed by atoms with Gasteiger partial charge in [-0.1, -0.05) is 13.8 Å². The van der Waals surface area contributed by atoms with Crippen LogP contribution in [-0.4, -0.2) is 50.3 Å². The van der Waals surface area contributed by atoms with Crippen molar-refractivity contribution in [3.63, 3.8) is 0 Å². The molecule has 2 fully saturated rings. The number of nitrogens with zero attached hydrogens (tertiary/aromatic N) is 1. The first-order chi connectivity index (χ1) is 9.67. The lowest BCUT2D eigenvalue weighted by molar-refractivity contribution is -0.0218. The fourth-order valence-corrected chi connectivity index (χ4v) is 3.80. The summed E-state index contributed by atoms with van der Waals surface area (Å²) in [5.74, 6) is 0.851. The van der Waals surface area contributed by atoms with Crippen molar-refractivity contribution in [2.75, 3.05) is 39.4 Å². The minimum Gasteiger partial charge on any atom is -0.381 e. The Bertz CT molecular complexity index is 276. The van der Waals surface area contributed by atoms with Crippen molar-refractivity contribution in [1.82, 2.24) is 10.2 Å². The lowest BCUT2D eigenvalue weighted by atomic mass is 9.78. The number of piperidine rings is 1. The van der Waals surface area contributed by atoms with Crippen LogP contribution in [0.5, 0.6) is 0 Å². The average Bonchev–Trinajstić information content (AvgIpc) is 2.45. The number of nitrogens with one attached hydrogen (secondary N) is 1. The quantitative estimate of drug-likeness (QED) is 0.758. The molecule has 0 radical (unpaired) electrons.